The summed E-state index contributed by atoms with van der Waals surface area (Å²) in [6.07, 6.45) is 5.99. The number of methoxy groups -OCH3 is 1. The zero-order valence-electron chi connectivity index (χ0n) is 12.4. The minimum absolute atomic E-state index is 0.171. The Labute approximate surface area is 116 Å². The fourth-order valence-electron chi connectivity index (χ4n) is 2.72. The highest BCUT2D eigenvalue weighted by atomic mass is 16.5. The summed E-state index contributed by atoms with van der Waals surface area (Å²) in [6, 6.07) is 0.242. The van der Waals surface area contributed by atoms with E-state index in [1.165, 1.54) is 20.0 Å². The van der Waals surface area contributed by atoms with Crippen LogP contribution in [0.25, 0.3) is 0 Å². The molecule has 0 saturated heterocycles. The molecule has 2 fully saturated rings. The maximum atomic E-state index is 12.2. The molecule has 2 rings (SSSR count). The molecule has 0 aliphatic heterocycles. The van der Waals surface area contributed by atoms with Crippen molar-refractivity contribution in [1.82, 2.24) is 5.32 Å². The van der Waals surface area contributed by atoms with Crippen molar-refractivity contribution in [3.05, 3.63) is 0 Å². The van der Waals surface area contributed by atoms with E-state index in [9.17, 15) is 4.79 Å². The Balaban J connectivity index is 1.91. The normalized spacial score (nSPS) is 22.3. The second-order valence-electron chi connectivity index (χ2n) is 6.32. The Morgan fingerprint density at radius 3 is 2.47 bits per heavy atom. The maximum absolute atomic E-state index is 12.2. The van der Waals surface area contributed by atoms with Gasteiger partial charge in [0.05, 0.1) is 13.7 Å². The Bertz CT molecular complexity index is 311. The summed E-state index contributed by atoms with van der Waals surface area (Å²) in [4.78, 5) is 12.2. The van der Waals surface area contributed by atoms with Gasteiger partial charge in [0.15, 0.2) is 0 Å². The lowest BCUT2D eigenvalue weighted by molar-refractivity contribution is -0.153. The standard InChI is InChI=1S/C15H27NO3/c1-11(2)16-15(13-6-7-13,14(17)18-3)10-19-9-8-12-4-5-12/h11-13,16H,4-10H2,1-3H3. The first-order chi connectivity index (χ1) is 9.08. The van der Waals surface area contributed by atoms with E-state index in [0.717, 1.165) is 31.8 Å². The van der Waals surface area contributed by atoms with E-state index < -0.39 is 5.54 Å². The van der Waals surface area contributed by atoms with Crippen LogP contribution in [-0.2, 0) is 14.3 Å². The minimum Gasteiger partial charge on any atom is -0.468 e. The molecule has 0 bridgehead atoms. The largest absolute Gasteiger partial charge is 0.468 e. The van der Waals surface area contributed by atoms with Crippen LogP contribution in [0, 0.1) is 11.8 Å². The molecule has 1 atom stereocenters. The molecule has 0 spiro atoms. The zero-order valence-corrected chi connectivity index (χ0v) is 12.4. The average molecular weight is 269 g/mol. The van der Waals surface area contributed by atoms with Crippen molar-refractivity contribution in [2.75, 3.05) is 20.3 Å². The number of carbonyl (C=O) groups is 1. The molecular formula is C15H27NO3. The third kappa shape index (κ3) is 3.93. The summed E-state index contributed by atoms with van der Waals surface area (Å²) in [5.74, 6) is 1.06. The molecule has 1 N–H and O–H groups in total. The zero-order chi connectivity index (χ0) is 13.9. The third-order valence-corrected chi connectivity index (χ3v) is 4.07. The molecule has 0 aromatic heterocycles. The van der Waals surface area contributed by atoms with Gasteiger partial charge in [0.25, 0.3) is 0 Å². The molecule has 0 aromatic carbocycles. The van der Waals surface area contributed by atoms with Crippen LogP contribution in [0.2, 0.25) is 0 Å². The highest BCUT2D eigenvalue weighted by Gasteiger charge is 2.52. The molecule has 0 amide bonds. The van der Waals surface area contributed by atoms with Gasteiger partial charge in [-0.3, -0.25) is 5.32 Å². The molecule has 2 aliphatic carbocycles. The van der Waals surface area contributed by atoms with E-state index >= 15 is 0 Å². The second kappa shape index (κ2) is 6.23. The van der Waals surface area contributed by atoms with Gasteiger partial charge in [-0.2, -0.15) is 0 Å². The van der Waals surface area contributed by atoms with Gasteiger partial charge in [-0.25, -0.2) is 4.79 Å². The molecule has 0 heterocycles. The van der Waals surface area contributed by atoms with Crippen LogP contribution < -0.4 is 5.32 Å². The van der Waals surface area contributed by atoms with Gasteiger partial charge in [-0.15, -0.1) is 0 Å². The molecule has 4 nitrogen and oxygen atoms in total. The number of carbonyl (C=O) groups excluding carboxylic acids is 1. The number of nitrogens with one attached hydrogen (secondary N) is 1. The number of hydrogen-bond acceptors (Lipinski definition) is 4. The van der Waals surface area contributed by atoms with E-state index in [1.807, 2.05) is 0 Å². The molecule has 110 valence electrons. The van der Waals surface area contributed by atoms with E-state index in [4.69, 9.17) is 9.47 Å². The van der Waals surface area contributed by atoms with Gasteiger partial charge < -0.3 is 9.47 Å². The average Bonchev–Trinajstić information content (AvgIpc) is 3.24. The Kier molecular flexibility index (Phi) is 4.85. The summed E-state index contributed by atoms with van der Waals surface area (Å²) in [7, 11) is 1.46. The predicted octanol–water partition coefficient (Wildman–Crippen LogP) is 2.12. The van der Waals surface area contributed by atoms with Crippen molar-refractivity contribution in [1.29, 1.82) is 0 Å². The summed E-state index contributed by atoms with van der Waals surface area (Å²) >= 11 is 0. The third-order valence-electron chi connectivity index (χ3n) is 4.07. The van der Waals surface area contributed by atoms with Crippen LogP contribution >= 0.6 is 0 Å². The van der Waals surface area contributed by atoms with Crippen LogP contribution in [0.15, 0.2) is 0 Å². The molecule has 19 heavy (non-hydrogen) atoms. The van der Waals surface area contributed by atoms with Crippen LogP contribution in [-0.4, -0.2) is 37.9 Å². The number of esters is 1. The summed E-state index contributed by atoms with van der Waals surface area (Å²) < 4.78 is 10.8. The van der Waals surface area contributed by atoms with Crippen LogP contribution in [0.4, 0.5) is 0 Å². The Morgan fingerprint density at radius 1 is 1.32 bits per heavy atom. The first kappa shape index (κ1) is 14.8. The van der Waals surface area contributed by atoms with E-state index in [2.05, 4.69) is 19.2 Å². The lowest BCUT2D eigenvalue weighted by Crippen LogP contribution is -2.60. The van der Waals surface area contributed by atoms with E-state index in [1.54, 1.807) is 0 Å². The van der Waals surface area contributed by atoms with Crippen LogP contribution in [0.3, 0.4) is 0 Å². The fraction of sp³-hybridized carbons (Fsp3) is 0.933. The summed E-state index contributed by atoms with van der Waals surface area (Å²) in [5.41, 5.74) is -0.632. The van der Waals surface area contributed by atoms with Crippen molar-refractivity contribution in [3.63, 3.8) is 0 Å². The van der Waals surface area contributed by atoms with E-state index in [0.29, 0.717) is 12.5 Å². The molecule has 2 aliphatic rings. The SMILES string of the molecule is COC(=O)C(COCCC1CC1)(NC(C)C)C1CC1. The Hall–Kier alpha value is -0.610. The van der Waals surface area contributed by atoms with Crippen molar-refractivity contribution >= 4 is 5.97 Å². The van der Waals surface area contributed by atoms with Gasteiger partial charge in [-0.1, -0.05) is 12.8 Å². The van der Waals surface area contributed by atoms with Crippen molar-refractivity contribution in [2.45, 2.75) is 57.5 Å². The number of ether oxygens (including phenoxy) is 2. The highest BCUT2D eigenvalue weighted by molar-refractivity contribution is 5.82. The monoisotopic (exact) mass is 269 g/mol. The second-order valence-corrected chi connectivity index (χ2v) is 6.32. The number of hydrogen-bond donors (Lipinski definition) is 1. The molecule has 0 radical (unpaired) electrons. The van der Waals surface area contributed by atoms with Crippen molar-refractivity contribution in [3.8, 4) is 0 Å². The lowest BCUT2D eigenvalue weighted by atomic mass is 9.93. The molecule has 1 unspecified atom stereocenters. The van der Waals surface area contributed by atoms with Gasteiger partial charge in [0.2, 0.25) is 0 Å². The topological polar surface area (TPSA) is 47.6 Å². The van der Waals surface area contributed by atoms with Gasteiger partial charge in [-0.05, 0) is 44.9 Å². The molecule has 0 aromatic rings. The molecule has 4 heteroatoms. The lowest BCUT2D eigenvalue weighted by Gasteiger charge is -2.34. The molecule has 2 saturated carbocycles. The van der Waals surface area contributed by atoms with Crippen molar-refractivity contribution < 1.29 is 14.3 Å². The molecular weight excluding hydrogens is 242 g/mol. The number of rotatable bonds is 9. The van der Waals surface area contributed by atoms with Crippen LogP contribution in [0.1, 0.15) is 46.0 Å². The Morgan fingerprint density at radius 2 is 2.00 bits per heavy atom. The van der Waals surface area contributed by atoms with E-state index in [-0.39, 0.29) is 12.0 Å². The first-order valence-corrected chi connectivity index (χ1v) is 7.52. The maximum Gasteiger partial charge on any atom is 0.328 e. The van der Waals surface area contributed by atoms with Gasteiger partial charge in [0.1, 0.15) is 5.54 Å². The first-order valence-electron chi connectivity index (χ1n) is 7.52. The van der Waals surface area contributed by atoms with Crippen LogP contribution in [0.5, 0.6) is 0 Å². The summed E-state index contributed by atoms with van der Waals surface area (Å²) in [5, 5.41) is 3.41. The quantitative estimate of drug-likeness (QED) is 0.514. The minimum atomic E-state index is -0.632. The highest BCUT2D eigenvalue weighted by Crippen LogP contribution is 2.41. The van der Waals surface area contributed by atoms with Crippen molar-refractivity contribution in [2.24, 2.45) is 11.8 Å². The van der Waals surface area contributed by atoms with Gasteiger partial charge in [0, 0.05) is 12.6 Å². The fourth-order valence-corrected chi connectivity index (χ4v) is 2.72. The van der Waals surface area contributed by atoms with Gasteiger partial charge >= 0.3 is 5.97 Å². The smallest absolute Gasteiger partial charge is 0.328 e. The predicted molar refractivity (Wildman–Crippen MR) is 73.9 cm³/mol. The summed E-state index contributed by atoms with van der Waals surface area (Å²) in [6.45, 7) is 5.32.